The molecule has 0 unspecified atom stereocenters. The molecule has 0 radical (unpaired) electrons. The average molecular weight is 263 g/mol. The molecule has 1 aliphatic heterocycles. The predicted molar refractivity (Wildman–Crippen MR) is 75.3 cm³/mol. The first-order valence-electron chi connectivity index (χ1n) is 6.81. The molecule has 2 rings (SSSR count). The zero-order valence-electron chi connectivity index (χ0n) is 11.3. The summed E-state index contributed by atoms with van der Waals surface area (Å²) in [5.74, 6) is 0. The quantitative estimate of drug-likeness (QED) is 0.650. The molecule has 1 N–H and O–H groups in total. The number of piperidine rings is 1. The zero-order valence-corrected chi connectivity index (χ0v) is 11.3. The van der Waals surface area contributed by atoms with E-state index in [4.69, 9.17) is 0 Å². The molecule has 0 aliphatic carbocycles. The summed E-state index contributed by atoms with van der Waals surface area (Å²) in [6, 6.07) is 7.54. The number of nitro groups is 1. The van der Waals surface area contributed by atoms with E-state index in [9.17, 15) is 10.1 Å². The monoisotopic (exact) mass is 263 g/mol. The normalized spacial score (nSPS) is 16.7. The maximum Gasteiger partial charge on any atom is 0.269 e. The minimum atomic E-state index is -0.356. The van der Waals surface area contributed by atoms with Gasteiger partial charge in [0.05, 0.1) is 4.92 Å². The molecule has 104 valence electrons. The lowest BCUT2D eigenvalue weighted by Crippen LogP contribution is -2.41. The van der Waals surface area contributed by atoms with Gasteiger partial charge in [-0.2, -0.15) is 0 Å². The second-order valence-electron chi connectivity index (χ2n) is 5.14. The van der Waals surface area contributed by atoms with Crippen molar-refractivity contribution >= 4 is 5.69 Å². The lowest BCUT2D eigenvalue weighted by Gasteiger charge is -2.31. The van der Waals surface area contributed by atoms with Crippen molar-refractivity contribution in [2.24, 2.45) is 0 Å². The molecular formula is C14H21N3O2. The zero-order chi connectivity index (χ0) is 13.7. The molecule has 5 heteroatoms. The molecule has 1 fully saturated rings. The predicted octanol–water partition coefficient (Wildman–Crippen LogP) is 1.82. The number of likely N-dealkylation sites (N-methyl/N-ethyl adjacent to an activating group) is 1. The van der Waals surface area contributed by atoms with Gasteiger partial charge in [0.1, 0.15) is 0 Å². The highest BCUT2D eigenvalue weighted by Crippen LogP contribution is 2.14. The standard InChI is InChI=1S/C14H21N3O2/c1-16(13-6-9-15-10-7-13)11-8-12-2-4-14(5-3-12)17(18)19/h2-5,13,15H,6-11H2,1H3. The van der Waals surface area contributed by atoms with E-state index in [1.807, 2.05) is 12.1 Å². The molecule has 1 aromatic rings. The van der Waals surface area contributed by atoms with Gasteiger partial charge in [0.25, 0.3) is 5.69 Å². The van der Waals surface area contributed by atoms with Crippen molar-refractivity contribution in [1.82, 2.24) is 10.2 Å². The molecule has 0 amide bonds. The minimum Gasteiger partial charge on any atom is -0.317 e. The van der Waals surface area contributed by atoms with Crippen molar-refractivity contribution in [2.45, 2.75) is 25.3 Å². The average Bonchev–Trinajstić information content (AvgIpc) is 2.46. The number of hydrogen-bond donors (Lipinski definition) is 1. The van der Waals surface area contributed by atoms with Crippen LogP contribution in [-0.4, -0.2) is 42.5 Å². The van der Waals surface area contributed by atoms with Gasteiger partial charge >= 0.3 is 0 Å². The Labute approximate surface area is 113 Å². The Balaban J connectivity index is 1.82. The number of nitrogens with zero attached hydrogens (tertiary/aromatic N) is 2. The van der Waals surface area contributed by atoms with Crippen LogP contribution < -0.4 is 5.32 Å². The molecule has 0 bridgehead atoms. The highest BCUT2D eigenvalue weighted by molar-refractivity contribution is 5.32. The first kappa shape index (κ1) is 14.0. The number of non-ortho nitro benzene ring substituents is 1. The molecular weight excluding hydrogens is 242 g/mol. The molecule has 0 atom stereocenters. The Morgan fingerprint density at radius 1 is 1.32 bits per heavy atom. The van der Waals surface area contributed by atoms with E-state index < -0.39 is 0 Å². The summed E-state index contributed by atoms with van der Waals surface area (Å²) in [5, 5.41) is 13.9. The van der Waals surface area contributed by atoms with E-state index in [-0.39, 0.29) is 10.6 Å². The van der Waals surface area contributed by atoms with E-state index in [0.717, 1.165) is 31.6 Å². The van der Waals surface area contributed by atoms with Crippen molar-refractivity contribution in [1.29, 1.82) is 0 Å². The number of nitro benzene ring substituents is 1. The van der Waals surface area contributed by atoms with Crippen LogP contribution in [0.1, 0.15) is 18.4 Å². The van der Waals surface area contributed by atoms with Crippen molar-refractivity contribution in [3.63, 3.8) is 0 Å². The first-order valence-corrected chi connectivity index (χ1v) is 6.81. The highest BCUT2D eigenvalue weighted by Gasteiger charge is 2.17. The van der Waals surface area contributed by atoms with Crippen LogP contribution >= 0.6 is 0 Å². The molecule has 0 saturated carbocycles. The summed E-state index contributed by atoms with van der Waals surface area (Å²) in [6.45, 7) is 3.21. The molecule has 19 heavy (non-hydrogen) atoms. The van der Waals surface area contributed by atoms with Crippen molar-refractivity contribution < 1.29 is 4.92 Å². The van der Waals surface area contributed by atoms with Crippen LogP contribution in [0, 0.1) is 10.1 Å². The van der Waals surface area contributed by atoms with Gasteiger partial charge in [-0.1, -0.05) is 12.1 Å². The summed E-state index contributed by atoms with van der Waals surface area (Å²) in [7, 11) is 2.17. The summed E-state index contributed by atoms with van der Waals surface area (Å²) in [4.78, 5) is 12.6. The topological polar surface area (TPSA) is 58.4 Å². The van der Waals surface area contributed by atoms with Gasteiger partial charge < -0.3 is 10.2 Å². The van der Waals surface area contributed by atoms with Crippen LogP contribution in [0.3, 0.4) is 0 Å². The third-order valence-electron chi connectivity index (χ3n) is 3.83. The van der Waals surface area contributed by atoms with Crippen molar-refractivity contribution in [2.75, 3.05) is 26.7 Å². The van der Waals surface area contributed by atoms with E-state index in [1.54, 1.807) is 12.1 Å². The Hall–Kier alpha value is -1.46. The maximum absolute atomic E-state index is 10.6. The Morgan fingerprint density at radius 2 is 1.95 bits per heavy atom. The van der Waals surface area contributed by atoms with E-state index in [0.29, 0.717) is 6.04 Å². The maximum atomic E-state index is 10.6. The van der Waals surface area contributed by atoms with Gasteiger partial charge in [-0.05, 0) is 45.0 Å². The van der Waals surface area contributed by atoms with Crippen molar-refractivity contribution in [3.05, 3.63) is 39.9 Å². The van der Waals surface area contributed by atoms with Crippen LogP contribution in [0.2, 0.25) is 0 Å². The van der Waals surface area contributed by atoms with E-state index >= 15 is 0 Å². The number of hydrogen-bond acceptors (Lipinski definition) is 4. The smallest absolute Gasteiger partial charge is 0.269 e. The van der Waals surface area contributed by atoms with Crippen LogP contribution in [0.25, 0.3) is 0 Å². The summed E-state index contributed by atoms with van der Waals surface area (Å²) >= 11 is 0. The number of rotatable bonds is 5. The van der Waals surface area contributed by atoms with Gasteiger partial charge in [0.15, 0.2) is 0 Å². The summed E-state index contributed by atoms with van der Waals surface area (Å²) in [5.41, 5.74) is 1.32. The van der Waals surface area contributed by atoms with Crippen LogP contribution in [0.15, 0.2) is 24.3 Å². The van der Waals surface area contributed by atoms with Gasteiger partial charge in [0.2, 0.25) is 0 Å². The fourth-order valence-corrected chi connectivity index (χ4v) is 2.52. The molecule has 0 aromatic heterocycles. The molecule has 0 spiro atoms. The summed E-state index contributed by atoms with van der Waals surface area (Å²) in [6.07, 6.45) is 3.35. The van der Waals surface area contributed by atoms with E-state index in [1.165, 1.54) is 12.8 Å². The molecule has 1 aliphatic rings. The third kappa shape index (κ3) is 4.01. The Bertz CT molecular complexity index is 413. The Morgan fingerprint density at radius 3 is 2.53 bits per heavy atom. The molecule has 1 saturated heterocycles. The van der Waals surface area contributed by atoms with Crippen LogP contribution in [-0.2, 0) is 6.42 Å². The van der Waals surface area contributed by atoms with Gasteiger partial charge in [-0.15, -0.1) is 0 Å². The highest BCUT2D eigenvalue weighted by atomic mass is 16.6. The lowest BCUT2D eigenvalue weighted by atomic mass is 10.0. The van der Waals surface area contributed by atoms with Crippen LogP contribution in [0.4, 0.5) is 5.69 Å². The fourth-order valence-electron chi connectivity index (χ4n) is 2.52. The Kier molecular flexibility index (Phi) is 4.87. The van der Waals surface area contributed by atoms with Crippen LogP contribution in [0.5, 0.6) is 0 Å². The number of nitrogens with one attached hydrogen (secondary N) is 1. The molecule has 5 nitrogen and oxygen atoms in total. The lowest BCUT2D eigenvalue weighted by molar-refractivity contribution is -0.384. The SMILES string of the molecule is CN(CCc1ccc([N+](=O)[O-])cc1)C1CCNCC1. The molecule has 1 aromatic carbocycles. The summed E-state index contributed by atoms with van der Waals surface area (Å²) < 4.78 is 0. The van der Waals surface area contributed by atoms with E-state index in [2.05, 4.69) is 17.3 Å². The van der Waals surface area contributed by atoms with Gasteiger partial charge in [-0.3, -0.25) is 10.1 Å². The second-order valence-corrected chi connectivity index (χ2v) is 5.14. The van der Waals surface area contributed by atoms with Crippen molar-refractivity contribution in [3.8, 4) is 0 Å². The second kappa shape index (κ2) is 6.63. The van der Waals surface area contributed by atoms with Gasteiger partial charge in [0, 0.05) is 24.7 Å². The fraction of sp³-hybridized carbons (Fsp3) is 0.571. The van der Waals surface area contributed by atoms with Gasteiger partial charge in [-0.25, -0.2) is 0 Å². The number of benzene rings is 1. The largest absolute Gasteiger partial charge is 0.317 e. The molecule has 1 heterocycles. The minimum absolute atomic E-state index is 0.162. The first-order chi connectivity index (χ1) is 9.16. The third-order valence-corrected chi connectivity index (χ3v) is 3.83.